The number of methoxy groups -OCH3 is 1. The van der Waals surface area contributed by atoms with Gasteiger partial charge in [0.25, 0.3) is 5.91 Å². The molecule has 1 heterocycles. The molecule has 1 aliphatic rings. The third kappa shape index (κ3) is 5.61. The maximum absolute atomic E-state index is 11.8. The van der Waals surface area contributed by atoms with Gasteiger partial charge in [0.2, 0.25) is 13.4 Å². The fourth-order valence-electron chi connectivity index (χ4n) is 2.42. The van der Waals surface area contributed by atoms with Crippen LogP contribution in [0.5, 0.6) is 17.2 Å². The smallest absolute Gasteiger partial charge is 0.347 e. The summed E-state index contributed by atoms with van der Waals surface area (Å²) < 4.78 is 20.5. The van der Waals surface area contributed by atoms with E-state index in [2.05, 4.69) is 10.5 Å². The summed E-state index contributed by atoms with van der Waals surface area (Å²) in [5, 5.41) is 6.48. The Morgan fingerprint density at radius 1 is 1.07 bits per heavy atom. The lowest BCUT2D eigenvalue weighted by molar-refractivity contribution is -0.151. The van der Waals surface area contributed by atoms with E-state index in [-0.39, 0.29) is 6.79 Å². The lowest BCUT2D eigenvalue weighted by atomic mass is 10.1. The van der Waals surface area contributed by atoms with Gasteiger partial charge < -0.3 is 29.1 Å². The van der Waals surface area contributed by atoms with E-state index in [1.165, 1.54) is 0 Å². The van der Waals surface area contributed by atoms with Gasteiger partial charge in [-0.15, -0.1) is 0 Å². The molecule has 0 saturated heterocycles. The number of hydrogen-bond donors (Lipinski definition) is 1. The predicted molar refractivity (Wildman–Crippen MR) is 103 cm³/mol. The number of oxime groups is 1. The number of nitrogens with one attached hydrogen (secondary N) is 1. The van der Waals surface area contributed by atoms with E-state index >= 15 is 0 Å². The van der Waals surface area contributed by atoms with Crippen LogP contribution in [0.25, 0.3) is 0 Å². The molecule has 0 aromatic heterocycles. The highest BCUT2D eigenvalue weighted by molar-refractivity contribution is 5.99. The van der Waals surface area contributed by atoms with Crippen LogP contribution in [0.15, 0.2) is 47.6 Å². The lowest BCUT2D eigenvalue weighted by Gasteiger charge is -2.07. The molecular formula is C20H20N2O7. The minimum Gasteiger partial charge on any atom is -0.497 e. The minimum absolute atomic E-state index is 0.184. The number of rotatable bonds is 8. The van der Waals surface area contributed by atoms with Crippen LogP contribution in [0, 0.1) is 0 Å². The van der Waals surface area contributed by atoms with Crippen LogP contribution in [0.2, 0.25) is 0 Å². The van der Waals surface area contributed by atoms with Crippen molar-refractivity contribution in [3.05, 3.63) is 48.0 Å². The number of nitrogens with zero attached hydrogens (tertiary/aromatic N) is 1. The van der Waals surface area contributed by atoms with Crippen LogP contribution in [-0.4, -0.2) is 44.7 Å². The van der Waals surface area contributed by atoms with Crippen LogP contribution >= 0.6 is 0 Å². The average Bonchev–Trinajstić information content (AvgIpc) is 3.20. The first-order chi connectivity index (χ1) is 14.0. The first kappa shape index (κ1) is 20.0. The summed E-state index contributed by atoms with van der Waals surface area (Å²) in [6, 6.07) is 12.1. The fourth-order valence-corrected chi connectivity index (χ4v) is 2.42. The van der Waals surface area contributed by atoms with E-state index in [4.69, 9.17) is 23.8 Å². The van der Waals surface area contributed by atoms with Gasteiger partial charge in [-0.3, -0.25) is 4.79 Å². The molecule has 0 aliphatic carbocycles. The Morgan fingerprint density at radius 3 is 2.59 bits per heavy atom. The summed E-state index contributed by atoms with van der Waals surface area (Å²) in [5.41, 5.74) is 1.88. The van der Waals surface area contributed by atoms with Crippen molar-refractivity contribution < 1.29 is 33.4 Å². The average molecular weight is 400 g/mol. The quantitative estimate of drug-likeness (QED) is 0.412. The normalized spacial score (nSPS) is 12.3. The molecule has 0 radical (unpaired) electrons. The molecule has 152 valence electrons. The largest absolute Gasteiger partial charge is 0.497 e. The van der Waals surface area contributed by atoms with Crippen molar-refractivity contribution in [1.82, 2.24) is 0 Å². The molecule has 1 N–H and O–H groups in total. The van der Waals surface area contributed by atoms with E-state index in [0.717, 1.165) is 5.56 Å². The third-order valence-electron chi connectivity index (χ3n) is 3.91. The van der Waals surface area contributed by atoms with Gasteiger partial charge >= 0.3 is 5.97 Å². The number of benzene rings is 2. The van der Waals surface area contributed by atoms with Gasteiger partial charge in [0.15, 0.2) is 18.1 Å². The summed E-state index contributed by atoms with van der Waals surface area (Å²) in [6.07, 6.45) is 0. The topological polar surface area (TPSA) is 105 Å². The van der Waals surface area contributed by atoms with E-state index in [0.29, 0.717) is 28.6 Å². The lowest BCUT2D eigenvalue weighted by Crippen LogP contribution is -2.22. The first-order valence-electron chi connectivity index (χ1n) is 8.71. The maximum atomic E-state index is 11.8. The molecule has 2 aromatic carbocycles. The Hall–Kier alpha value is -3.75. The summed E-state index contributed by atoms with van der Waals surface area (Å²) in [6.45, 7) is 1.06. The van der Waals surface area contributed by atoms with Crippen LogP contribution in [0.1, 0.15) is 12.5 Å². The number of amides is 1. The zero-order chi connectivity index (χ0) is 20.6. The van der Waals surface area contributed by atoms with Crippen molar-refractivity contribution in [1.29, 1.82) is 0 Å². The molecule has 1 amide bonds. The number of carbonyl (C=O) groups is 2. The van der Waals surface area contributed by atoms with Crippen LogP contribution in [0.3, 0.4) is 0 Å². The van der Waals surface area contributed by atoms with Crippen molar-refractivity contribution in [2.75, 3.05) is 32.4 Å². The van der Waals surface area contributed by atoms with E-state index in [1.807, 2.05) is 0 Å². The third-order valence-corrected chi connectivity index (χ3v) is 3.91. The summed E-state index contributed by atoms with van der Waals surface area (Å²) in [5.74, 6) is 0.780. The Labute approximate surface area is 167 Å². The van der Waals surface area contributed by atoms with Crippen LogP contribution in [-0.2, 0) is 19.2 Å². The monoisotopic (exact) mass is 400 g/mol. The SMILES string of the molecule is COc1ccc(NC(=O)COC(=O)CO/N=C(/C)c2ccc3c(c2)OCO3)cc1. The summed E-state index contributed by atoms with van der Waals surface area (Å²) in [7, 11) is 1.55. The van der Waals surface area contributed by atoms with E-state index < -0.39 is 25.1 Å². The van der Waals surface area contributed by atoms with Gasteiger partial charge in [0.1, 0.15) is 5.75 Å². The minimum atomic E-state index is -0.711. The molecular weight excluding hydrogens is 380 g/mol. The van der Waals surface area contributed by atoms with Gasteiger partial charge in [-0.05, 0) is 49.4 Å². The molecule has 29 heavy (non-hydrogen) atoms. The van der Waals surface area contributed by atoms with E-state index in [1.54, 1.807) is 56.5 Å². The van der Waals surface area contributed by atoms with Crippen molar-refractivity contribution in [3.63, 3.8) is 0 Å². The second-order valence-electron chi connectivity index (χ2n) is 5.96. The second-order valence-corrected chi connectivity index (χ2v) is 5.96. The second kappa shape index (κ2) is 9.45. The molecule has 0 fully saturated rings. The van der Waals surface area contributed by atoms with Gasteiger partial charge in [0.05, 0.1) is 12.8 Å². The Kier molecular flexibility index (Phi) is 6.51. The highest BCUT2D eigenvalue weighted by Crippen LogP contribution is 2.32. The van der Waals surface area contributed by atoms with Crippen LogP contribution < -0.4 is 19.5 Å². The summed E-state index contributed by atoms with van der Waals surface area (Å²) in [4.78, 5) is 28.5. The Balaban J connectivity index is 1.40. The van der Waals surface area contributed by atoms with E-state index in [9.17, 15) is 9.59 Å². The molecule has 1 aliphatic heterocycles. The Morgan fingerprint density at radius 2 is 1.83 bits per heavy atom. The predicted octanol–water partition coefficient (Wildman–Crippen LogP) is 2.35. The fraction of sp³-hybridized carbons (Fsp3) is 0.250. The van der Waals surface area contributed by atoms with Crippen molar-refractivity contribution >= 4 is 23.3 Å². The highest BCUT2D eigenvalue weighted by atomic mass is 16.7. The molecule has 9 heteroatoms. The number of ether oxygens (including phenoxy) is 4. The molecule has 3 rings (SSSR count). The number of fused-ring (bicyclic) bond motifs is 1. The number of esters is 1. The van der Waals surface area contributed by atoms with Gasteiger partial charge in [-0.25, -0.2) is 4.79 Å². The zero-order valence-electron chi connectivity index (χ0n) is 16.0. The molecule has 0 atom stereocenters. The van der Waals surface area contributed by atoms with Gasteiger partial charge in [-0.1, -0.05) is 5.16 Å². The number of anilines is 1. The Bertz CT molecular complexity index is 910. The summed E-state index contributed by atoms with van der Waals surface area (Å²) >= 11 is 0. The van der Waals surface area contributed by atoms with Crippen molar-refractivity contribution in [2.24, 2.45) is 5.16 Å². The van der Waals surface area contributed by atoms with Crippen molar-refractivity contribution in [3.8, 4) is 17.2 Å². The molecule has 0 spiro atoms. The molecule has 0 bridgehead atoms. The molecule has 2 aromatic rings. The van der Waals surface area contributed by atoms with Crippen LogP contribution in [0.4, 0.5) is 5.69 Å². The highest BCUT2D eigenvalue weighted by Gasteiger charge is 2.14. The molecule has 0 unspecified atom stereocenters. The number of hydrogen-bond acceptors (Lipinski definition) is 8. The van der Waals surface area contributed by atoms with Gasteiger partial charge in [-0.2, -0.15) is 0 Å². The zero-order valence-corrected chi connectivity index (χ0v) is 16.0. The first-order valence-corrected chi connectivity index (χ1v) is 8.71. The van der Waals surface area contributed by atoms with Gasteiger partial charge in [0, 0.05) is 11.3 Å². The molecule has 0 saturated carbocycles. The standard InChI is InChI=1S/C20H20N2O7/c1-13(14-3-8-17-18(9-14)28-12-27-17)22-29-11-20(24)26-10-19(23)21-15-4-6-16(25-2)7-5-15/h3-9H,10-12H2,1-2H3,(H,21,23)/b22-13-. The maximum Gasteiger partial charge on any atom is 0.347 e. The van der Waals surface area contributed by atoms with Crippen molar-refractivity contribution in [2.45, 2.75) is 6.92 Å². The molecule has 9 nitrogen and oxygen atoms in total. The number of carbonyl (C=O) groups excluding carboxylic acids is 2.